The number of fused-ring (bicyclic) bond motifs is 1. The normalized spacial score (nSPS) is 23.2. The molecule has 2 fully saturated rings. The van der Waals surface area contributed by atoms with Gasteiger partial charge in [0.15, 0.2) is 6.61 Å². The van der Waals surface area contributed by atoms with Crippen molar-refractivity contribution < 1.29 is 23.9 Å². The van der Waals surface area contributed by atoms with Crippen LogP contribution >= 0.6 is 0 Å². The number of hydrogen-bond donors (Lipinski definition) is 0. The van der Waals surface area contributed by atoms with E-state index >= 15 is 0 Å². The van der Waals surface area contributed by atoms with Crippen LogP contribution in [0.5, 0.6) is 5.75 Å². The number of nitrogens with zero attached hydrogens (tertiary/aromatic N) is 3. The zero-order chi connectivity index (χ0) is 22.9. The molecule has 0 bridgehead atoms. The van der Waals surface area contributed by atoms with Crippen LogP contribution in [0.2, 0.25) is 0 Å². The van der Waals surface area contributed by atoms with Crippen molar-refractivity contribution in [2.45, 2.75) is 38.0 Å². The average Bonchev–Trinajstić information content (AvgIpc) is 3.15. The fourth-order valence-electron chi connectivity index (χ4n) is 5.01. The summed E-state index contributed by atoms with van der Waals surface area (Å²) >= 11 is 0. The third kappa shape index (κ3) is 4.01. The molecular formula is C25H27N3O5. The number of cyclic esters (lactones) is 1. The Hall–Kier alpha value is -3.55. The van der Waals surface area contributed by atoms with Gasteiger partial charge in [-0.25, -0.2) is 4.79 Å². The molecule has 2 atom stereocenters. The molecule has 0 saturated carbocycles. The van der Waals surface area contributed by atoms with E-state index in [1.165, 1.54) is 4.90 Å². The van der Waals surface area contributed by atoms with Crippen LogP contribution in [-0.2, 0) is 14.3 Å². The molecule has 2 saturated heterocycles. The predicted molar refractivity (Wildman–Crippen MR) is 121 cm³/mol. The van der Waals surface area contributed by atoms with E-state index in [0.29, 0.717) is 37.4 Å². The largest absolute Gasteiger partial charge is 0.482 e. The lowest BCUT2D eigenvalue weighted by molar-refractivity contribution is -0.133. The number of carbonyl (C=O) groups is 3. The number of carbonyl (C=O) groups excluding carboxylic acids is 3. The minimum atomic E-state index is -0.295. The summed E-state index contributed by atoms with van der Waals surface area (Å²) < 4.78 is 11.2. The van der Waals surface area contributed by atoms with Crippen molar-refractivity contribution in [2.75, 3.05) is 31.1 Å². The van der Waals surface area contributed by atoms with Crippen molar-refractivity contribution in [3.63, 3.8) is 0 Å². The molecule has 0 spiro atoms. The highest BCUT2D eigenvalue weighted by Crippen LogP contribution is 2.36. The van der Waals surface area contributed by atoms with E-state index in [9.17, 15) is 14.4 Å². The third-order valence-electron chi connectivity index (χ3n) is 6.76. The lowest BCUT2D eigenvalue weighted by atomic mass is 9.98. The fraction of sp³-hybridized carbons (Fsp3) is 0.400. The van der Waals surface area contributed by atoms with Crippen molar-refractivity contribution in [3.8, 4) is 5.75 Å². The maximum atomic E-state index is 13.0. The molecule has 3 aliphatic rings. The first-order valence-corrected chi connectivity index (χ1v) is 11.4. The van der Waals surface area contributed by atoms with Crippen LogP contribution < -0.4 is 9.64 Å². The Bertz CT molecular complexity index is 1050. The molecular weight excluding hydrogens is 422 g/mol. The Kier molecular flexibility index (Phi) is 5.66. The first-order valence-electron chi connectivity index (χ1n) is 11.4. The van der Waals surface area contributed by atoms with Crippen LogP contribution in [-0.4, -0.2) is 66.0 Å². The molecule has 2 aromatic carbocycles. The number of benzene rings is 2. The molecule has 3 amide bonds. The first-order chi connectivity index (χ1) is 16.0. The number of likely N-dealkylation sites (tertiary alicyclic amines) is 1. The number of anilines is 1. The maximum absolute atomic E-state index is 13.0. The van der Waals surface area contributed by atoms with Crippen molar-refractivity contribution in [2.24, 2.45) is 0 Å². The number of piperidine rings is 1. The first kappa shape index (κ1) is 21.3. The Morgan fingerprint density at radius 3 is 2.45 bits per heavy atom. The molecule has 0 aliphatic carbocycles. The van der Waals surface area contributed by atoms with Gasteiger partial charge in [0.25, 0.3) is 5.91 Å². The van der Waals surface area contributed by atoms with Crippen LogP contribution in [0, 0.1) is 0 Å². The van der Waals surface area contributed by atoms with Crippen molar-refractivity contribution in [1.29, 1.82) is 0 Å². The Labute approximate surface area is 192 Å². The van der Waals surface area contributed by atoms with Gasteiger partial charge in [-0.05, 0) is 37.5 Å². The van der Waals surface area contributed by atoms with Gasteiger partial charge in [0.1, 0.15) is 18.4 Å². The molecule has 8 heteroatoms. The molecule has 3 heterocycles. The van der Waals surface area contributed by atoms with Crippen molar-refractivity contribution >= 4 is 23.6 Å². The number of para-hydroxylation sites is 2. The van der Waals surface area contributed by atoms with Crippen LogP contribution in [0.3, 0.4) is 0 Å². The van der Waals surface area contributed by atoms with Gasteiger partial charge >= 0.3 is 6.09 Å². The lowest BCUT2D eigenvalue weighted by Crippen LogP contribution is -2.52. The Morgan fingerprint density at radius 1 is 1.00 bits per heavy atom. The smallest absolute Gasteiger partial charge is 0.411 e. The fourth-order valence-corrected chi connectivity index (χ4v) is 5.01. The number of amides is 3. The monoisotopic (exact) mass is 449 g/mol. The molecule has 33 heavy (non-hydrogen) atoms. The zero-order valence-electron chi connectivity index (χ0n) is 18.6. The van der Waals surface area contributed by atoms with E-state index in [1.54, 1.807) is 17.0 Å². The zero-order valence-corrected chi connectivity index (χ0v) is 18.6. The summed E-state index contributed by atoms with van der Waals surface area (Å²) in [6, 6.07) is 17.0. The Balaban J connectivity index is 1.20. The quantitative estimate of drug-likeness (QED) is 0.717. The summed E-state index contributed by atoms with van der Waals surface area (Å²) in [5.74, 6) is 0.286. The summed E-state index contributed by atoms with van der Waals surface area (Å²) in [5, 5.41) is 0. The van der Waals surface area contributed by atoms with Gasteiger partial charge in [-0.3, -0.25) is 19.4 Å². The van der Waals surface area contributed by atoms with Gasteiger partial charge in [0.2, 0.25) is 5.91 Å². The van der Waals surface area contributed by atoms with Gasteiger partial charge in [0.05, 0.1) is 11.7 Å². The van der Waals surface area contributed by atoms with Crippen molar-refractivity contribution in [1.82, 2.24) is 9.80 Å². The highest BCUT2D eigenvalue weighted by molar-refractivity contribution is 6.02. The average molecular weight is 450 g/mol. The summed E-state index contributed by atoms with van der Waals surface area (Å²) in [6.07, 6.45) is 0.781. The highest BCUT2D eigenvalue weighted by atomic mass is 16.6. The van der Waals surface area contributed by atoms with Gasteiger partial charge in [0, 0.05) is 19.1 Å². The Morgan fingerprint density at radius 2 is 1.70 bits per heavy atom. The van der Waals surface area contributed by atoms with Crippen LogP contribution in [0.4, 0.5) is 10.5 Å². The van der Waals surface area contributed by atoms with Gasteiger partial charge in [-0.15, -0.1) is 0 Å². The van der Waals surface area contributed by atoms with Gasteiger partial charge < -0.3 is 14.4 Å². The summed E-state index contributed by atoms with van der Waals surface area (Å²) in [6.45, 7) is 3.01. The van der Waals surface area contributed by atoms with E-state index in [4.69, 9.17) is 9.47 Å². The van der Waals surface area contributed by atoms with Crippen molar-refractivity contribution in [3.05, 3.63) is 60.2 Å². The van der Waals surface area contributed by atoms with E-state index in [-0.39, 0.29) is 49.2 Å². The second kappa shape index (κ2) is 8.77. The van der Waals surface area contributed by atoms with E-state index in [1.807, 2.05) is 54.3 Å². The number of hydrogen-bond acceptors (Lipinski definition) is 5. The highest BCUT2D eigenvalue weighted by Gasteiger charge is 2.44. The van der Waals surface area contributed by atoms with E-state index in [0.717, 1.165) is 5.56 Å². The van der Waals surface area contributed by atoms with Gasteiger partial charge in [-0.2, -0.15) is 0 Å². The van der Waals surface area contributed by atoms with Gasteiger partial charge in [-0.1, -0.05) is 42.5 Å². The number of rotatable bonds is 4. The second-order valence-electron chi connectivity index (χ2n) is 8.71. The molecule has 172 valence electrons. The van der Waals surface area contributed by atoms with E-state index in [2.05, 4.69) is 0 Å². The SMILES string of the molecule is C[C@H]1[C@@H](c2ccccc2)OC(=O)N1C1CCN(C(=O)CN2C(=O)COc3ccccc32)CC1. The molecule has 0 aromatic heterocycles. The topological polar surface area (TPSA) is 79.4 Å². The minimum Gasteiger partial charge on any atom is -0.482 e. The third-order valence-corrected chi connectivity index (χ3v) is 6.76. The molecule has 2 aromatic rings. The summed E-state index contributed by atoms with van der Waals surface area (Å²) in [5.41, 5.74) is 1.61. The van der Waals surface area contributed by atoms with Crippen LogP contribution in [0.15, 0.2) is 54.6 Å². The number of ether oxygens (including phenoxy) is 2. The molecule has 3 aliphatic heterocycles. The minimum absolute atomic E-state index is 0.0118. The second-order valence-corrected chi connectivity index (χ2v) is 8.71. The maximum Gasteiger partial charge on any atom is 0.411 e. The van der Waals surface area contributed by atoms with E-state index < -0.39 is 0 Å². The standard InChI is InChI=1S/C25H27N3O5/c1-17-24(18-7-3-2-4-8-18)33-25(31)28(17)19-11-13-26(14-12-19)22(29)15-27-20-9-5-6-10-21(20)32-16-23(27)30/h2-10,17,19,24H,11-16H2,1H3/t17-,24-/m0/s1. The van der Waals surface area contributed by atoms with Crippen LogP contribution in [0.25, 0.3) is 0 Å². The van der Waals surface area contributed by atoms with Crippen LogP contribution in [0.1, 0.15) is 31.4 Å². The summed E-state index contributed by atoms with van der Waals surface area (Å²) in [7, 11) is 0. The molecule has 0 N–H and O–H groups in total. The summed E-state index contributed by atoms with van der Waals surface area (Å²) in [4.78, 5) is 43.2. The lowest BCUT2D eigenvalue weighted by Gasteiger charge is -2.38. The molecule has 0 unspecified atom stereocenters. The molecule has 8 nitrogen and oxygen atoms in total. The molecule has 0 radical (unpaired) electrons. The predicted octanol–water partition coefficient (Wildman–Crippen LogP) is 2.99. The molecule has 5 rings (SSSR count).